The highest BCUT2D eigenvalue weighted by atomic mass is 16.5. The number of H-pyrrole nitrogens is 1. The average Bonchev–Trinajstić information content (AvgIpc) is 3.24. The van der Waals surface area contributed by atoms with Gasteiger partial charge in [-0.15, -0.1) is 0 Å². The highest BCUT2D eigenvalue weighted by Gasteiger charge is 2.41. The van der Waals surface area contributed by atoms with E-state index in [0.29, 0.717) is 19.7 Å². The van der Waals surface area contributed by atoms with Crippen LogP contribution >= 0.6 is 0 Å². The lowest BCUT2D eigenvalue weighted by Crippen LogP contribution is -2.57. The molecular weight excluding hydrogens is 364 g/mol. The first-order chi connectivity index (χ1) is 14.2. The van der Waals surface area contributed by atoms with Crippen LogP contribution in [0, 0.1) is 0 Å². The van der Waals surface area contributed by atoms with Crippen molar-refractivity contribution in [2.24, 2.45) is 0 Å². The molecule has 3 aromatic rings. The van der Waals surface area contributed by atoms with Gasteiger partial charge in [-0.05, 0) is 54.1 Å². The molecule has 2 fully saturated rings. The molecule has 2 aliphatic heterocycles. The molecule has 6 heteroatoms. The van der Waals surface area contributed by atoms with E-state index in [9.17, 15) is 4.79 Å². The predicted molar refractivity (Wildman–Crippen MR) is 112 cm³/mol. The Bertz CT molecular complexity index is 992. The molecular formula is C23H26N4O2. The number of ether oxygens (including phenoxy) is 1. The maximum Gasteiger partial charge on any atom is 0.254 e. The number of piperidine rings is 1. The van der Waals surface area contributed by atoms with E-state index in [1.54, 1.807) is 0 Å². The van der Waals surface area contributed by atoms with Crippen molar-refractivity contribution in [2.75, 3.05) is 32.8 Å². The highest BCUT2D eigenvalue weighted by molar-refractivity contribution is 5.98. The maximum absolute atomic E-state index is 13.1. The van der Waals surface area contributed by atoms with Crippen LogP contribution in [-0.2, 0) is 11.3 Å². The smallest absolute Gasteiger partial charge is 0.254 e. The van der Waals surface area contributed by atoms with Gasteiger partial charge in [-0.1, -0.05) is 6.07 Å². The van der Waals surface area contributed by atoms with Crippen LogP contribution in [0.4, 0.5) is 0 Å². The third-order valence-electron chi connectivity index (χ3n) is 6.26. The van der Waals surface area contributed by atoms with Crippen LogP contribution in [-0.4, -0.2) is 64.1 Å². The summed E-state index contributed by atoms with van der Waals surface area (Å²) in [6, 6.07) is 12.1. The van der Waals surface area contributed by atoms with Gasteiger partial charge in [0.2, 0.25) is 0 Å². The number of fused-ring (bicyclic) bond motifs is 1. The number of amides is 1. The molecule has 0 saturated carbocycles. The molecule has 1 aromatic carbocycles. The van der Waals surface area contributed by atoms with Gasteiger partial charge >= 0.3 is 0 Å². The molecule has 29 heavy (non-hydrogen) atoms. The van der Waals surface area contributed by atoms with Gasteiger partial charge in [0.1, 0.15) is 0 Å². The standard InChI is InChI=1S/C23H26N4O2/c28-22(20-2-1-19-5-10-25-21(19)15-20)27-13-14-29-23(17-27)6-11-26(12-7-23)16-18-3-8-24-9-4-18/h1-5,8-10,15,25H,6-7,11-14,16-17H2. The van der Waals surface area contributed by atoms with E-state index >= 15 is 0 Å². The highest BCUT2D eigenvalue weighted by Crippen LogP contribution is 2.31. The van der Waals surface area contributed by atoms with Gasteiger partial charge in [0, 0.05) is 55.8 Å². The van der Waals surface area contributed by atoms with Gasteiger partial charge in [-0.3, -0.25) is 14.7 Å². The molecule has 1 spiro atoms. The van der Waals surface area contributed by atoms with Crippen molar-refractivity contribution >= 4 is 16.8 Å². The zero-order valence-corrected chi connectivity index (χ0v) is 16.5. The van der Waals surface area contributed by atoms with E-state index in [-0.39, 0.29) is 11.5 Å². The molecule has 2 aliphatic rings. The van der Waals surface area contributed by atoms with Gasteiger partial charge < -0.3 is 14.6 Å². The topological polar surface area (TPSA) is 61.5 Å². The average molecular weight is 390 g/mol. The predicted octanol–water partition coefficient (Wildman–Crippen LogP) is 3.07. The number of nitrogens with zero attached hydrogens (tertiary/aromatic N) is 3. The van der Waals surface area contributed by atoms with E-state index in [2.05, 4.69) is 27.0 Å². The first kappa shape index (κ1) is 18.3. The normalized spacial score (nSPS) is 19.7. The van der Waals surface area contributed by atoms with Crippen LogP contribution in [0.5, 0.6) is 0 Å². The quantitative estimate of drug-likeness (QED) is 0.747. The lowest BCUT2D eigenvalue weighted by molar-refractivity contribution is -0.127. The van der Waals surface area contributed by atoms with Gasteiger partial charge in [-0.25, -0.2) is 0 Å². The Labute approximate surface area is 170 Å². The minimum Gasteiger partial charge on any atom is -0.371 e. The largest absolute Gasteiger partial charge is 0.371 e. The Balaban J connectivity index is 1.24. The number of carbonyl (C=O) groups is 1. The molecule has 4 heterocycles. The molecule has 1 amide bonds. The molecule has 0 atom stereocenters. The molecule has 6 nitrogen and oxygen atoms in total. The fourth-order valence-corrected chi connectivity index (χ4v) is 4.55. The number of morpholine rings is 1. The molecule has 150 valence electrons. The number of aromatic amines is 1. The fourth-order valence-electron chi connectivity index (χ4n) is 4.55. The van der Waals surface area contributed by atoms with Crippen LogP contribution in [0.1, 0.15) is 28.8 Å². The fraction of sp³-hybridized carbons (Fsp3) is 0.391. The summed E-state index contributed by atoms with van der Waals surface area (Å²) in [6.07, 6.45) is 7.51. The molecule has 0 bridgehead atoms. The number of aromatic nitrogens is 2. The second-order valence-corrected chi connectivity index (χ2v) is 8.17. The minimum absolute atomic E-state index is 0.100. The molecule has 5 rings (SSSR count). The lowest BCUT2D eigenvalue weighted by atomic mass is 9.89. The molecule has 2 aromatic heterocycles. The third kappa shape index (κ3) is 3.78. The Morgan fingerprint density at radius 1 is 1.10 bits per heavy atom. The number of nitrogens with one attached hydrogen (secondary N) is 1. The minimum atomic E-state index is -0.209. The van der Waals surface area contributed by atoms with Crippen molar-refractivity contribution in [2.45, 2.75) is 25.0 Å². The first-order valence-electron chi connectivity index (χ1n) is 10.3. The number of likely N-dealkylation sites (tertiary alicyclic amines) is 1. The number of hydrogen-bond donors (Lipinski definition) is 1. The zero-order valence-electron chi connectivity index (χ0n) is 16.5. The molecule has 0 aliphatic carbocycles. The Morgan fingerprint density at radius 3 is 2.76 bits per heavy atom. The number of carbonyl (C=O) groups excluding carboxylic acids is 1. The maximum atomic E-state index is 13.1. The molecule has 2 saturated heterocycles. The lowest BCUT2D eigenvalue weighted by Gasteiger charge is -2.47. The third-order valence-corrected chi connectivity index (χ3v) is 6.26. The van der Waals surface area contributed by atoms with Crippen LogP contribution in [0.2, 0.25) is 0 Å². The summed E-state index contributed by atoms with van der Waals surface area (Å²) in [7, 11) is 0. The first-order valence-corrected chi connectivity index (χ1v) is 10.3. The van der Waals surface area contributed by atoms with Crippen molar-refractivity contribution < 1.29 is 9.53 Å². The van der Waals surface area contributed by atoms with Crippen molar-refractivity contribution in [1.82, 2.24) is 19.8 Å². The van der Waals surface area contributed by atoms with Crippen molar-refractivity contribution in [3.63, 3.8) is 0 Å². The van der Waals surface area contributed by atoms with Gasteiger partial charge in [0.25, 0.3) is 5.91 Å². The van der Waals surface area contributed by atoms with Gasteiger partial charge in [-0.2, -0.15) is 0 Å². The number of hydrogen-bond acceptors (Lipinski definition) is 4. The second kappa shape index (κ2) is 7.61. The van der Waals surface area contributed by atoms with E-state index < -0.39 is 0 Å². The monoisotopic (exact) mass is 390 g/mol. The summed E-state index contributed by atoms with van der Waals surface area (Å²) in [4.78, 5) is 24.9. The Morgan fingerprint density at radius 2 is 1.93 bits per heavy atom. The molecule has 1 N–H and O–H groups in total. The second-order valence-electron chi connectivity index (χ2n) is 8.17. The van der Waals surface area contributed by atoms with E-state index in [1.807, 2.05) is 47.8 Å². The molecule has 0 radical (unpaired) electrons. The van der Waals surface area contributed by atoms with Crippen molar-refractivity contribution in [3.05, 3.63) is 66.1 Å². The number of pyridine rings is 1. The summed E-state index contributed by atoms with van der Waals surface area (Å²) < 4.78 is 6.24. The summed E-state index contributed by atoms with van der Waals surface area (Å²) in [5.41, 5.74) is 2.83. The summed E-state index contributed by atoms with van der Waals surface area (Å²) >= 11 is 0. The Kier molecular flexibility index (Phi) is 4.81. The van der Waals surface area contributed by atoms with Crippen molar-refractivity contribution in [3.8, 4) is 0 Å². The van der Waals surface area contributed by atoms with Crippen LogP contribution in [0.15, 0.2) is 55.0 Å². The molecule has 0 unspecified atom stereocenters. The van der Waals surface area contributed by atoms with E-state index in [0.717, 1.165) is 48.9 Å². The number of benzene rings is 1. The van der Waals surface area contributed by atoms with Gasteiger partial charge in [0.15, 0.2) is 0 Å². The van der Waals surface area contributed by atoms with Crippen LogP contribution in [0.25, 0.3) is 10.9 Å². The zero-order chi connectivity index (χ0) is 19.7. The van der Waals surface area contributed by atoms with Crippen molar-refractivity contribution in [1.29, 1.82) is 0 Å². The van der Waals surface area contributed by atoms with Gasteiger partial charge in [0.05, 0.1) is 18.8 Å². The van der Waals surface area contributed by atoms with E-state index in [4.69, 9.17) is 4.74 Å². The summed E-state index contributed by atoms with van der Waals surface area (Å²) in [5.74, 6) is 0.100. The number of rotatable bonds is 3. The summed E-state index contributed by atoms with van der Waals surface area (Å²) in [6.45, 7) is 4.86. The summed E-state index contributed by atoms with van der Waals surface area (Å²) in [5, 5.41) is 1.13. The van der Waals surface area contributed by atoms with E-state index in [1.165, 1.54) is 5.56 Å². The SMILES string of the molecule is O=C(c1ccc2cc[nH]c2c1)N1CCOC2(CCN(Cc3ccncc3)CC2)C1. The van der Waals surface area contributed by atoms with Crippen LogP contribution in [0.3, 0.4) is 0 Å². The Hall–Kier alpha value is -2.70. The van der Waals surface area contributed by atoms with Crippen LogP contribution < -0.4 is 0 Å².